The second-order valence-electron chi connectivity index (χ2n) is 1.92. The lowest BCUT2D eigenvalue weighted by molar-refractivity contribution is 0.878. The average Bonchev–Trinajstić information content (AvgIpc) is 1.85. The first kappa shape index (κ1) is 5.69. The van der Waals surface area contributed by atoms with E-state index in [-0.39, 0.29) is 0 Å². The van der Waals surface area contributed by atoms with Crippen LogP contribution >= 0.6 is 12.2 Å². The van der Waals surface area contributed by atoms with E-state index in [1.54, 1.807) is 0 Å². The highest BCUT2D eigenvalue weighted by Crippen LogP contribution is 1.97. The molecule has 1 rings (SSSR count). The van der Waals surface area contributed by atoms with E-state index < -0.39 is 0 Å². The Morgan fingerprint density at radius 3 is 2.50 bits per heavy atom. The van der Waals surface area contributed by atoms with Crippen molar-refractivity contribution in [2.75, 3.05) is 0 Å². The fraction of sp³-hybridized carbons (Fsp3) is 0.600. The van der Waals surface area contributed by atoms with Crippen LogP contribution in [0.25, 0.3) is 0 Å². The molecular weight excluding hydrogens is 120 g/mol. The highest BCUT2D eigenvalue weighted by Gasteiger charge is 2.12. The maximum atomic E-state index is 4.77. The van der Waals surface area contributed by atoms with E-state index in [1.165, 1.54) is 0 Å². The molecule has 2 nitrogen and oxygen atoms in total. The molecule has 0 saturated carbocycles. The van der Waals surface area contributed by atoms with Gasteiger partial charge in [-0.2, -0.15) is 0 Å². The van der Waals surface area contributed by atoms with Crippen molar-refractivity contribution in [3.8, 4) is 0 Å². The Morgan fingerprint density at radius 2 is 2.38 bits per heavy atom. The second-order valence-corrected chi connectivity index (χ2v) is 2.31. The number of hydrogen-bond donors (Lipinski definition) is 1. The van der Waals surface area contributed by atoms with E-state index >= 15 is 0 Å². The van der Waals surface area contributed by atoms with Gasteiger partial charge in [0.2, 0.25) is 0 Å². The second kappa shape index (κ2) is 1.82. The Labute approximate surface area is 54.0 Å². The van der Waals surface area contributed by atoms with Crippen molar-refractivity contribution in [2.24, 2.45) is 4.99 Å². The minimum absolute atomic E-state index is 0.350. The largest absolute Gasteiger partial charge is 0.353 e. The molecule has 0 aromatic heterocycles. The Morgan fingerprint density at radius 1 is 1.75 bits per heavy atom. The topological polar surface area (TPSA) is 24.4 Å². The van der Waals surface area contributed by atoms with Gasteiger partial charge in [-0.1, -0.05) is 0 Å². The first-order valence-electron chi connectivity index (χ1n) is 2.56. The molecule has 44 valence electrons. The predicted octanol–water partition coefficient (Wildman–Crippen LogP) is 0.724. The molecule has 0 amide bonds. The molecule has 0 radical (unpaired) electrons. The van der Waals surface area contributed by atoms with Gasteiger partial charge in [0, 0.05) is 5.71 Å². The SMILES string of the molecule is CC1=NC(=S)NC1C. The number of nitrogens with zero attached hydrogens (tertiary/aromatic N) is 1. The van der Waals surface area contributed by atoms with Crippen molar-refractivity contribution in [1.82, 2.24) is 5.32 Å². The maximum Gasteiger partial charge on any atom is 0.193 e. The summed E-state index contributed by atoms with van der Waals surface area (Å²) in [6.07, 6.45) is 0. The highest BCUT2D eigenvalue weighted by molar-refractivity contribution is 7.80. The predicted molar refractivity (Wildman–Crippen MR) is 38.3 cm³/mol. The molecule has 1 atom stereocenters. The number of aliphatic imine (C=N–C) groups is 1. The van der Waals surface area contributed by atoms with Crippen LogP contribution in [0.15, 0.2) is 4.99 Å². The summed E-state index contributed by atoms with van der Waals surface area (Å²) in [5.41, 5.74) is 1.08. The summed E-state index contributed by atoms with van der Waals surface area (Å²) in [5.74, 6) is 0. The van der Waals surface area contributed by atoms with Gasteiger partial charge in [-0.25, -0.2) is 4.99 Å². The van der Waals surface area contributed by atoms with E-state index in [4.69, 9.17) is 12.2 Å². The molecule has 3 heteroatoms. The Kier molecular flexibility index (Phi) is 1.29. The monoisotopic (exact) mass is 128 g/mol. The summed E-state index contributed by atoms with van der Waals surface area (Å²) in [4.78, 5) is 4.01. The number of thiocarbonyl (C=S) groups is 1. The highest BCUT2D eigenvalue weighted by atomic mass is 32.1. The molecule has 8 heavy (non-hydrogen) atoms. The lowest BCUT2D eigenvalue weighted by atomic mass is 10.2. The van der Waals surface area contributed by atoms with Gasteiger partial charge < -0.3 is 5.32 Å². The van der Waals surface area contributed by atoms with Gasteiger partial charge in [0.1, 0.15) is 0 Å². The van der Waals surface area contributed by atoms with Crippen LogP contribution in [0.2, 0.25) is 0 Å². The third-order valence-electron chi connectivity index (χ3n) is 1.24. The Bertz CT molecular complexity index is 151. The van der Waals surface area contributed by atoms with Gasteiger partial charge in [0.25, 0.3) is 0 Å². The molecule has 1 N–H and O–H groups in total. The average molecular weight is 128 g/mol. The molecule has 0 bridgehead atoms. The molecular formula is C5H8N2S. The molecule has 0 aromatic rings. The molecule has 0 aromatic carbocycles. The first-order chi connectivity index (χ1) is 3.70. The van der Waals surface area contributed by atoms with Gasteiger partial charge >= 0.3 is 0 Å². The van der Waals surface area contributed by atoms with E-state index in [1.807, 2.05) is 13.8 Å². The molecule has 0 fully saturated rings. The third kappa shape index (κ3) is 0.865. The number of hydrogen-bond acceptors (Lipinski definition) is 1. The summed E-state index contributed by atoms with van der Waals surface area (Å²) in [6, 6.07) is 0.350. The molecule has 0 aliphatic carbocycles. The van der Waals surface area contributed by atoms with Gasteiger partial charge in [0.15, 0.2) is 5.11 Å². The normalized spacial score (nSPS) is 27.5. The molecule has 0 saturated heterocycles. The summed E-state index contributed by atoms with van der Waals surface area (Å²) >= 11 is 4.77. The lowest BCUT2D eigenvalue weighted by Gasteiger charge is -1.99. The van der Waals surface area contributed by atoms with Crippen molar-refractivity contribution >= 4 is 23.0 Å². The van der Waals surface area contributed by atoms with Gasteiger partial charge in [-0.3, -0.25) is 0 Å². The summed E-state index contributed by atoms with van der Waals surface area (Å²) in [5, 5.41) is 3.61. The van der Waals surface area contributed by atoms with Gasteiger partial charge in [0.05, 0.1) is 6.04 Å². The van der Waals surface area contributed by atoms with Crippen LogP contribution in [-0.2, 0) is 0 Å². The van der Waals surface area contributed by atoms with E-state index in [9.17, 15) is 0 Å². The van der Waals surface area contributed by atoms with E-state index in [0.717, 1.165) is 5.71 Å². The molecule has 0 spiro atoms. The summed E-state index contributed by atoms with van der Waals surface area (Å²) in [7, 11) is 0. The van der Waals surface area contributed by atoms with Crippen LogP contribution in [0.5, 0.6) is 0 Å². The maximum absolute atomic E-state index is 4.77. The zero-order chi connectivity index (χ0) is 6.15. The fourth-order valence-corrected chi connectivity index (χ4v) is 0.900. The van der Waals surface area contributed by atoms with Crippen LogP contribution in [0.3, 0.4) is 0 Å². The fourth-order valence-electron chi connectivity index (χ4n) is 0.579. The summed E-state index contributed by atoms with van der Waals surface area (Å²) < 4.78 is 0. The Hall–Kier alpha value is -0.440. The van der Waals surface area contributed by atoms with Crippen LogP contribution < -0.4 is 5.32 Å². The van der Waals surface area contributed by atoms with E-state index in [0.29, 0.717) is 11.2 Å². The quantitative estimate of drug-likeness (QED) is 0.486. The summed E-state index contributed by atoms with van der Waals surface area (Å²) in [6.45, 7) is 4.01. The molecule has 1 unspecified atom stereocenters. The molecule has 1 heterocycles. The van der Waals surface area contributed by atoms with Crippen LogP contribution in [0.4, 0.5) is 0 Å². The van der Waals surface area contributed by atoms with Crippen molar-refractivity contribution in [2.45, 2.75) is 19.9 Å². The number of nitrogens with one attached hydrogen (secondary N) is 1. The zero-order valence-electron chi connectivity index (χ0n) is 4.93. The van der Waals surface area contributed by atoms with Crippen molar-refractivity contribution < 1.29 is 0 Å². The first-order valence-corrected chi connectivity index (χ1v) is 2.96. The number of rotatable bonds is 0. The lowest BCUT2D eigenvalue weighted by Crippen LogP contribution is -2.26. The van der Waals surface area contributed by atoms with E-state index in [2.05, 4.69) is 10.3 Å². The third-order valence-corrected chi connectivity index (χ3v) is 1.45. The minimum atomic E-state index is 0.350. The van der Waals surface area contributed by atoms with Crippen LogP contribution in [-0.4, -0.2) is 16.9 Å². The smallest absolute Gasteiger partial charge is 0.193 e. The van der Waals surface area contributed by atoms with Crippen LogP contribution in [0, 0.1) is 0 Å². The van der Waals surface area contributed by atoms with Crippen molar-refractivity contribution in [1.29, 1.82) is 0 Å². The zero-order valence-corrected chi connectivity index (χ0v) is 5.75. The van der Waals surface area contributed by atoms with Gasteiger partial charge in [-0.15, -0.1) is 0 Å². The molecule has 1 aliphatic heterocycles. The standard InChI is InChI=1S/C5H8N2S/c1-3-4(2)7-5(8)6-3/h3H,1-2H3,(H,6,8). The Balaban J connectivity index is 2.73. The minimum Gasteiger partial charge on any atom is -0.353 e. The van der Waals surface area contributed by atoms with Crippen molar-refractivity contribution in [3.63, 3.8) is 0 Å². The molecule has 1 aliphatic rings. The van der Waals surface area contributed by atoms with Gasteiger partial charge in [-0.05, 0) is 26.1 Å². The van der Waals surface area contributed by atoms with Crippen LogP contribution in [0.1, 0.15) is 13.8 Å². The van der Waals surface area contributed by atoms with Crippen molar-refractivity contribution in [3.05, 3.63) is 0 Å².